The first kappa shape index (κ1) is 23.9. The smallest absolute Gasteiger partial charge is 0.352 e. The minimum absolute atomic E-state index is 0.0291. The van der Waals surface area contributed by atoms with Crippen LogP contribution in [0.15, 0.2) is 6.20 Å². The van der Waals surface area contributed by atoms with Crippen LogP contribution < -0.4 is 10.1 Å². The molecule has 4 rings (SSSR count). The van der Waals surface area contributed by atoms with E-state index in [0.717, 1.165) is 25.7 Å². The van der Waals surface area contributed by atoms with Gasteiger partial charge in [-0.05, 0) is 38.3 Å². The number of rotatable bonds is 8. The van der Waals surface area contributed by atoms with Gasteiger partial charge in [0.05, 0.1) is 37.0 Å². The Balaban J connectivity index is 1.38. The van der Waals surface area contributed by atoms with Crippen molar-refractivity contribution in [3.63, 3.8) is 0 Å². The quantitative estimate of drug-likeness (QED) is 0.320. The second-order valence-corrected chi connectivity index (χ2v) is 9.04. The van der Waals surface area contributed by atoms with Crippen molar-refractivity contribution in [2.45, 2.75) is 63.8 Å². The summed E-state index contributed by atoms with van der Waals surface area (Å²) in [5.41, 5.74) is 0.382. The number of ether oxygens (including phenoxy) is 3. The SMILES string of the molecule is Cc1c([N+](=O)[O-])c(OCC[C@@H](C)Nc2nc(Cl)ncc2Cl)nn1C1CCC2(CC1)OCCO2. The first-order valence-corrected chi connectivity index (χ1v) is 11.6. The number of nitrogens with one attached hydrogen (secondary N) is 1. The molecule has 1 aliphatic heterocycles. The van der Waals surface area contributed by atoms with E-state index in [-0.39, 0.29) is 35.5 Å². The molecule has 2 aromatic heterocycles. The zero-order chi connectivity index (χ0) is 23.6. The van der Waals surface area contributed by atoms with E-state index >= 15 is 0 Å². The zero-order valence-electron chi connectivity index (χ0n) is 18.4. The van der Waals surface area contributed by atoms with Gasteiger partial charge in [0.25, 0.3) is 0 Å². The molecule has 33 heavy (non-hydrogen) atoms. The summed E-state index contributed by atoms with van der Waals surface area (Å²) in [4.78, 5) is 19.2. The van der Waals surface area contributed by atoms with Gasteiger partial charge >= 0.3 is 11.6 Å². The molecule has 0 aromatic carbocycles. The average Bonchev–Trinajstić information content (AvgIpc) is 3.36. The number of nitro groups is 1. The van der Waals surface area contributed by atoms with Gasteiger partial charge in [0.2, 0.25) is 5.28 Å². The summed E-state index contributed by atoms with van der Waals surface area (Å²) in [5.74, 6) is -0.0509. The summed E-state index contributed by atoms with van der Waals surface area (Å²) in [6.45, 7) is 5.06. The van der Waals surface area contributed by atoms with Gasteiger partial charge in [-0.2, -0.15) is 4.98 Å². The van der Waals surface area contributed by atoms with Crippen LogP contribution in [0.25, 0.3) is 0 Å². The van der Waals surface area contributed by atoms with Crippen LogP contribution in [0.1, 0.15) is 50.8 Å². The lowest BCUT2D eigenvalue weighted by atomic mass is 9.90. The van der Waals surface area contributed by atoms with Gasteiger partial charge in [0.1, 0.15) is 16.5 Å². The van der Waals surface area contributed by atoms with Crippen molar-refractivity contribution in [2.75, 3.05) is 25.1 Å². The first-order chi connectivity index (χ1) is 15.8. The second kappa shape index (κ2) is 9.96. The van der Waals surface area contributed by atoms with Gasteiger partial charge in [-0.15, -0.1) is 5.10 Å². The fourth-order valence-electron chi connectivity index (χ4n) is 4.30. The Labute approximate surface area is 200 Å². The molecule has 1 atom stereocenters. The topological polar surface area (TPSA) is 126 Å². The lowest BCUT2D eigenvalue weighted by Crippen LogP contribution is -2.36. The van der Waals surface area contributed by atoms with Gasteiger partial charge in [0.15, 0.2) is 5.79 Å². The molecule has 2 aromatic rings. The average molecular weight is 501 g/mol. The van der Waals surface area contributed by atoms with Gasteiger partial charge in [-0.1, -0.05) is 11.6 Å². The fourth-order valence-corrected chi connectivity index (χ4v) is 4.58. The highest BCUT2D eigenvalue weighted by atomic mass is 35.5. The molecule has 180 valence electrons. The second-order valence-electron chi connectivity index (χ2n) is 8.30. The lowest BCUT2D eigenvalue weighted by Gasteiger charge is -2.35. The van der Waals surface area contributed by atoms with E-state index in [0.29, 0.717) is 36.2 Å². The Morgan fingerprint density at radius 3 is 2.73 bits per heavy atom. The maximum Gasteiger partial charge on any atom is 0.352 e. The Hall–Kier alpha value is -2.21. The molecule has 0 amide bonds. The first-order valence-electron chi connectivity index (χ1n) is 10.9. The number of halogens is 2. The molecule has 1 spiro atoms. The number of anilines is 1. The summed E-state index contributed by atoms with van der Waals surface area (Å²) >= 11 is 11.9. The molecule has 3 heterocycles. The molecule has 1 saturated carbocycles. The van der Waals surface area contributed by atoms with Crippen LogP contribution in [0.3, 0.4) is 0 Å². The van der Waals surface area contributed by atoms with Crippen molar-refractivity contribution in [2.24, 2.45) is 0 Å². The van der Waals surface area contributed by atoms with E-state index in [2.05, 4.69) is 20.4 Å². The van der Waals surface area contributed by atoms with Gasteiger partial charge in [-0.25, -0.2) is 4.98 Å². The molecule has 0 radical (unpaired) electrons. The Morgan fingerprint density at radius 1 is 1.36 bits per heavy atom. The van der Waals surface area contributed by atoms with Crippen molar-refractivity contribution < 1.29 is 19.1 Å². The Morgan fingerprint density at radius 2 is 2.06 bits per heavy atom. The minimum atomic E-state index is -0.497. The van der Waals surface area contributed by atoms with Gasteiger partial charge in [0, 0.05) is 25.3 Å². The molecular weight excluding hydrogens is 475 g/mol. The van der Waals surface area contributed by atoms with Crippen LogP contribution in [-0.4, -0.2) is 56.3 Å². The third-order valence-electron chi connectivity index (χ3n) is 6.03. The number of aromatic nitrogens is 4. The number of hydrogen-bond donors (Lipinski definition) is 1. The summed E-state index contributed by atoms with van der Waals surface area (Å²) in [5, 5.41) is 19.8. The minimum Gasteiger partial charge on any atom is -0.472 e. The molecule has 1 saturated heterocycles. The van der Waals surface area contributed by atoms with E-state index in [1.165, 1.54) is 6.20 Å². The number of hydrogen-bond acceptors (Lipinski definition) is 9. The molecular formula is C20H26Cl2N6O5. The van der Waals surface area contributed by atoms with E-state index in [4.69, 9.17) is 37.4 Å². The van der Waals surface area contributed by atoms with Crippen LogP contribution >= 0.6 is 23.2 Å². The number of nitrogens with zero attached hydrogens (tertiary/aromatic N) is 5. The molecule has 2 fully saturated rings. The predicted molar refractivity (Wildman–Crippen MR) is 121 cm³/mol. The van der Waals surface area contributed by atoms with Gasteiger partial charge in [-0.3, -0.25) is 14.8 Å². The van der Waals surface area contributed by atoms with Gasteiger partial charge < -0.3 is 19.5 Å². The largest absolute Gasteiger partial charge is 0.472 e. The van der Waals surface area contributed by atoms with Crippen LogP contribution in [0.4, 0.5) is 11.5 Å². The molecule has 13 heteroatoms. The van der Waals surface area contributed by atoms with Crippen LogP contribution in [0, 0.1) is 17.0 Å². The summed E-state index contributed by atoms with van der Waals surface area (Å²) in [6, 6.07) is -0.0543. The standard InChI is InChI=1S/C20H26Cl2N6O5/c1-12(24-17-15(21)11-23-19(22)25-17)5-8-31-18-16(28(29)30)13(2)27(26-18)14-3-6-20(7-4-14)32-9-10-33-20/h11-12,14H,3-10H2,1-2H3,(H,23,24,25)/t12-/m1/s1. The van der Waals surface area contributed by atoms with Crippen LogP contribution in [0.2, 0.25) is 10.3 Å². The zero-order valence-corrected chi connectivity index (χ0v) is 19.9. The summed E-state index contributed by atoms with van der Waals surface area (Å²) in [6.07, 6.45) is 4.95. The highest BCUT2D eigenvalue weighted by Crippen LogP contribution is 2.42. The molecule has 1 aliphatic carbocycles. The predicted octanol–water partition coefficient (Wildman–Crippen LogP) is 4.32. The maximum atomic E-state index is 11.7. The molecule has 11 nitrogen and oxygen atoms in total. The summed E-state index contributed by atoms with van der Waals surface area (Å²) in [7, 11) is 0. The fraction of sp³-hybridized carbons (Fsp3) is 0.650. The lowest BCUT2D eigenvalue weighted by molar-refractivity contribution is -0.386. The third kappa shape index (κ3) is 5.32. The van der Waals surface area contributed by atoms with Crippen molar-refractivity contribution in [1.29, 1.82) is 0 Å². The van der Waals surface area contributed by atoms with Crippen molar-refractivity contribution in [3.8, 4) is 5.88 Å². The maximum absolute atomic E-state index is 11.7. The van der Waals surface area contributed by atoms with Crippen molar-refractivity contribution >= 4 is 34.7 Å². The van der Waals surface area contributed by atoms with E-state index in [1.54, 1.807) is 11.6 Å². The van der Waals surface area contributed by atoms with E-state index < -0.39 is 10.7 Å². The highest BCUT2D eigenvalue weighted by molar-refractivity contribution is 6.33. The molecule has 0 bridgehead atoms. The highest BCUT2D eigenvalue weighted by Gasteiger charge is 2.42. The third-order valence-corrected chi connectivity index (χ3v) is 6.49. The van der Waals surface area contributed by atoms with Crippen LogP contribution in [-0.2, 0) is 9.47 Å². The molecule has 2 aliphatic rings. The monoisotopic (exact) mass is 500 g/mol. The van der Waals surface area contributed by atoms with Crippen molar-refractivity contribution in [1.82, 2.24) is 19.7 Å². The normalized spacial score (nSPS) is 19.0. The molecule has 0 unspecified atom stereocenters. The molecule has 1 N–H and O–H groups in total. The Bertz CT molecular complexity index is 1000. The van der Waals surface area contributed by atoms with E-state index in [9.17, 15) is 10.1 Å². The van der Waals surface area contributed by atoms with Crippen molar-refractivity contribution in [3.05, 3.63) is 32.3 Å². The van der Waals surface area contributed by atoms with Crippen LogP contribution in [0.5, 0.6) is 5.88 Å². The summed E-state index contributed by atoms with van der Waals surface area (Å²) < 4.78 is 19.0. The van der Waals surface area contributed by atoms with E-state index in [1.807, 2.05) is 6.92 Å². The Kier molecular flexibility index (Phi) is 7.22.